The number of pyridine rings is 2. The van der Waals surface area contributed by atoms with Crippen LogP contribution in [0.25, 0.3) is 61.3 Å². The molecule has 7 aromatic rings. The number of nitrogens with zero attached hydrogens (tertiary/aromatic N) is 2. The van der Waals surface area contributed by atoms with E-state index in [9.17, 15) is 0 Å². The number of aromatic nitrogens is 2. The van der Waals surface area contributed by atoms with Crippen molar-refractivity contribution in [3.63, 3.8) is 0 Å². The van der Waals surface area contributed by atoms with Crippen LogP contribution in [0.5, 0.6) is 0 Å². The molecular formula is C41H32N2O+2. The minimum atomic E-state index is 0.0650. The molecule has 4 aromatic carbocycles. The van der Waals surface area contributed by atoms with Gasteiger partial charge in [0.15, 0.2) is 12.4 Å². The van der Waals surface area contributed by atoms with Crippen LogP contribution in [0.3, 0.4) is 0 Å². The molecule has 0 saturated carbocycles. The Balaban J connectivity index is 1.37. The average molecular weight is 569 g/mol. The van der Waals surface area contributed by atoms with Crippen LogP contribution in [0.15, 0.2) is 139 Å². The van der Waals surface area contributed by atoms with Crippen molar-refractivity contribution in [2.45, 2.75) is 31.7 Å². The molecule has 0 amide bonds. The molecule has 210 valence electrons. The largest absolute Gasteiger partial charge is 0.455 e. The molecule has 5 heterocycles. The average Bonchev–Trinajstić information content (AvgIpc) is 3.48. The van der Waals surface area contributed by atoms with Gasteiger partial charge in [-0.15, -0.1) is 0 Å². The summed E-state index contributed by atoms with van der Waals surface area (Å²) < 4.78 is 11.6. The number of hydrogen-bond donors (Lipinski definition) is 0. The van der Waals surface area contributed by atoms with Crippen molar-refractivity contribution in [3.05, 3.63) is 151 Å². The maximum Gasteiger partial charge on any atom is 0.249 e. The molecule has 3 aromatic heterocycles. The number of fused-ring (bicyclic) bond motifs is 13. The minimum absolute atomic E-state index is 0.0650. The predicted octanol–water partition coefficient (Wildman–Crippen LogP) is 9.23. The lowest BCUT2D eigenvalue weighted by atomic mass is 9.78. The van der Waals surface area contributed by atoms with Crippen LogP contribution >= 0.6 is 0 Å². The lowest BCUT2D eigenvalue weighted by molar-refractivity contribution is -0.727. The molecule has 2 aliphatic rings. The Kier molecular flexibility index (Phi) is 5.52. The lowest BCUT2D eigenvalue weighted by Crippen LogP contribution is -2.53. The summed E-state index contributed by atoms with van der Waals surface area (Å²) in [6.45, 7) is 7.01. The van der Waals surface area contributed by atoms with Gasteiger partial charge in [0.05, 0.1) is 11.5 Å². The van der Waals surface area contributed by atoms with Gasteiger partial charge in [-0.25, -0.2) is 0 Å². The molecule has 0 bridgehead atoms. The third kappa shape index (κ3) is 3.62. The van der Waals surface area contributed by atoms with Crippen molar-refractivity contribution in [2.75, 3.05) is 0 Å². The second-order valence-corrected chi connectivity index (χ2v) is 12.2. The quantitative estimate of drug-likeness (QED) is 0.181. The van der Waals surface area contributed by atoms with Gasteiger partial charge in [-0.3, -0.25) is 0 Å². The predicted molar refractivity (Wildman–Crippen MR) is 177 cm³/mol. The Bertz CT molecular complexity index is 2280. The zero-order valence-corrected chi connectivity index (χ0v) is 24.7. The maximum atomic E-state index is 6.84. The molecule has 0 radical (unpaired) electrons. The Morgan fingerprint density at radius 1 is 0.705 bits per heavy atom. The highest BCUT2D eigenvalue weighted by atomic mass is 16.3. The summed E-state index contributed by atoms with van der Waals surface area (Å²) in [6, 6.07) is 41.8. The third-order valence-corrected chi connectivity index (χ3v) is 9.85. The van der Waals surface area contributed by atoms with Gasteiger partial charge in [-0.2, -0.15) is 9.13 Å². The van der Waals surface area contributed by atoms with Gasteiger partial charge >= 0.3 is 0 Å². The molecule has 2 unspecified atom stereocenters. The minimum Gasteiger partial charge on any atom is -0.455 e. The number of aryl methyl sites for hydroxylation is 2. The van der Waals surface area contributed by atoms with E-state index in [0.29, 0.717) is 0 Å². The first kappa shape index (κ1) is 25.2. The summed E-state index contributed by atoms with van der Waals surface area (Å²) >= 11 is 0. The van der Waals surface area contributed by atoms with Gasteiger partial charge < -0.3 is 4.42 Å². The first-order valence-electron chi connectivity index (χ1n) is 15.5. The summed E-state index contributed by atoms with van der Waals surface area (Å²) in [7, 11) is 0. The second-order valence-electron chi connectivity index (χ2n) is 12.2. The fourth-order valence-corrected chi connectivity index (χ4v) is 7.79. The van der Waals surface area contributed by atoms with Crippen LogP contribution in [0.1, 0.15) is 35.1 Å². The molecule has 0 aliphatic carbocycles. The van der Waals surface area contributed by atoms with Crippen LogP contribution in [-0.2, 0) is 6.42 Å². The highest BCUT2D eigenvalue weighted by Crippen LogP contribution is 2.46. The molecule has 44 heavy (non-hydrogen) atoms. The van der Waals surface area contributed by atoms with Gasteiger partial charge in [0, 0.05) is 40.6 Å². The van der Waals surface area contributed by atoms with Crippen LogP contribution in [0, 0.1) is 6.92 Å². The van der Waals surface area contributed by atoms with Gasteiger partial charge in [0.2, 0.25) is 23.1 Å². The van der Waals surface area contributed by atoms with E-state index in [1.807, 2.05) is 0 Å². The van der Waals surface area contributed by atoms with E-state index >= 15 is 0 Å². The van der Waals surface area contributed by atoms with E-state index in [1.165, 1.54) is 44.5 Å². The third-order valence-electron chi connectivity index (χ3n) is 9.85. The fraction of sp³-hybridized carbons (Fsp3) is 0.122. The second kappa shape index (κ2) is 9.62. The lowest BCUT2D eigenvalue weighted by Gasteiger charge is -2.29. The highest BCUT2D eigenvalue weighted by molar-refractivity contribution is 6.10. The molecule has 0 saturated heterocycles. The Labute approximate surface area is 257 Å². The van der Waals surface area contributed by atoms with E-state index < -0.39 is 0 Å². The van der Waals surface area contributed by atoms with E-state index in [-0.39, 0.29) is 12.0 Å². The summed E-state index contributed by atoms with van der Waals surface area (Å²) in [5.74, 6) is 0.271. The van der Waals surface area contributed by atoms with Crippen molar-refractivity contribution in [2.24, 2.45) is 0 Å². The van der Waals surface area contributed by atoms with Gasteiger partial charge in [0.1, 0.15) is 11.2 Å². The first-order chi connectivity index (χ1) is 21.7. The first-order valence-corrected chi connectivity index (χ1v) is 15.5. The van der Waals surface area contributed by atoms with Crippen LogP contribution in [0.4, 0.5) is 0 Å². The van der Waals surface area contributed by atoms with Gasteiger partial charge in [-0.1, -0.05) is 78.9 Å². The Hall–Kier alpha value is -5.28. The fourth-order valence-electron chi connectivity index (χ4n) is 7.79. The highest BCUT2D eigenvalue weighted by Gasteiger charge is 2.47. The number of benzene rings is 4. The Morgan fingerprint density at radius 2 is 1.52 bits per heavy atom. The maximum absolute atomic E-state index is 6.84. The van der Waals surface area contributed by atoms with Gasteiger partial charge in [0.25, 0.3) is 0 Å². The van der Waals surface area contributed by atoms with Gasteiger partial charge in [-0.05, 0) is 66.3 Å². The van der Waals surface area contributed by atoms with E-state index in [0.717, 1.165) is 46.3 Å². The smallest absolute Gasteiger partial charge is 0.249 e. The number of rotatable bonds is 1. The van der Waals surface area contributed by atoms with Crippen LogP contribution in [-0.4, -0.2) is 0 Å². The topological polar surface area (TPSA) is 20.9 Å². The standard InChI is InChI=1S/C41H32N2O/c1-26-11-10-16-34-35-21-19-29-18-20-33-31-14-6-7-15-32(31)36-17-8-9-23-43(36)39(33)27(2)42-24-22-30(28-12-4-3-5-13-28)25-37(42)38(29)41(35)44-40(26)34/h3-17,19,21-25,33,39H,2,18,20H2,1H3/q+2. The monoisotopic (exact) mass is 568 g/mol. The molecule has 0 N–H and O–H groups in total. The zero-order valence-electron chi connectivity index (χ0n) is 24.7. The summed E-state index contributed by atoms with van der Waals surface area (Å²) in [5.41, 5.74) is 14.1. The van der Waals surface area contributed by atoms with Crippen molar-refractivity contribution in [3.8, 4) is 33.6 Å². The van der Waals surface area contributed by atoms with Crippen LogP contribution < -0.4 is 9.13 Å². The normalized spacial score (nSPS) is 17.1. The molecule has 3 heteroatoms. The number of allylic oxidation sites excluding steroid dienone is 1. The van der Waals surface area contributed by atoms with Crippen molar-refractivity contribution in [1.29, 1.82) is 0 Å². The number of para-hydroxylation sites is 1. The summed E-state index contributed by atoms with van der Waals surface area (Å²) in [6.07, 6.45) is 6.39. The van der Waals surface area contributed by atoms with Crippen molar-refractivity contribution < 1.29 is 13.6 Å². The van der Waals surface area contributed by atoms with Crippen molar-refractivity contribution >= 4 is 27.6 Å². The molecule has 2 aliphatic heterocycles. The molecule has 3 nitrogen and oxygen atoms in total. The Morgan fingerprint density at radius 3 is 2.43 bits per heavy atom. The van der Waals surface area contributed by atoms with E-state index in [1.54, 1.807) is 0 Å². The van der Waals surface area contributed by atoms with Crippen LogP contribution in [0.2, 0.25) is 0 Å². The molecule has 9 rings (SSSR count). The van der Waals surface area contributed by atoms with Crippen molar-refractivity contribution in [1.82, 2.24) is 0 Å². The summed E-state index contributed by atoms with van der Waals surface area (Å²) in [5, 5.41) is 2.32. The molecule has 2 atom stereocenters. The molecular weight excluding hydrogens is 536 g/mol. The number of furan rings is 1. The molecule has 0 fully saturated rings. The SMILES string of the molecule is C=C1C2C(CCc3ccc4c(oc5c(C)cccc54)c3-c3cc(-c4ccccc4)cc[n+]31)c1ccccc1-c1cccc[n+]12. The van der Waals surface area contributed by atoms with E-state index in [4.69, 9.17) is 11.0 Å². The van der Waals surface area contributed by atoms with E-state index in [2.05, 4.69) is 144 Å². The molecule has 0 spiro atoms. The zero-order chi connectivity index (χ0) is 29.4. The summed E-state index contributed by atoms with van der Waals surface area (Å²) in [4.78, 5) is 0. The number of hydrogen-bond acceptors (Lipinski definition) is 1.